The summed E-state index contributed by atoms with van der Waals surface area (Å²) in [5.74, 6) is 0.736. The standard InChI is InChI=1S/C15H18N4/c16-8-15-17-9-13-6-7-19(11-14(13)18-15)10-12-4-2-1-3-5-12/h1-5,9H,6-8,10-11,16H2. The van der Waals surface area contributed by atoms with Crippen molar-refractivity contribution in [3.63, 3.8) is 0 Å². The van der Waals surface area contributed by atoms with Crippen molar-refractivity contribution in [3.05, 3.63) is 59.2 Å². The quantitative estimate of drug-likeness (QED) is 0.901. The molecule has 0 radical (unpaired) electrons. The smallest absolute Gasteiger partial charge is 0.142 e. The first-order valence-corrected chi connectivity index (χ1v) is 6.65. The summed E-state index contributed by atoms with van der Waals surface area (Å²) in [6.45, 7) is 3.33. The predicted octanol–water partition coefficient (Wildman–Crippen LogP) is 1.49. The van der Waals surface area contributed by atoms with Gasteiger partial charge >= 0.3 is 0 Å². The molecule has 0 aliphatic carbocycles. The van der Waals surface area contributed by atoms with E-state index in [1.54, 1.807) is 0 Å². The van der Waals surface area contributed by atoms with Gasteiger partial charge < -0.3 is 5.73 Å². The van der Waals surface area contributed by atoms with E-state index in [1.807, 2.05) is 6.20 Å². The summed E-state index contributed by atoms with van der Waals surface area (Å²) < 4.78 is 0. The molecule has 19 heavy (non-hydrogen) atoms. The van der Waals surface area contributed by atoms with Crippen molar-refractivity contribution < 1.29 is 0 Å². The van der Waals surface area contributed by atoms with Gasteiger partial charge in [0.2, 0.25) is 0 Å². The van der Waals surface area contributed by atoms with Crippen LogP contribution in [0, 0.1) is 0 Å². The van der Waals surface area contributed by atoms with Crippen molar-refractivity contribution in [2.24, 2.45) is 5.73 Å². The first kappa shape index (κ1) is 12.3. The van der Waals surface area contributed by atoms with Crippen LogP contribution < -0.4 is 5.73 Å². The average Bonchev–Trinajstić information content (AvgIpc) is 2.47. The summed E-state index contributed by atoms with van der Waals surface area (Å²) in [5.41, 5.74) is 9.35. The summed E-state index contributed by atoms with van der Waals surface area (Å²) in [5, 5.41) is 0. The molecule has 2 N–H and O–H groups in total. The Balaban J connectivity index is 1.74. The third-order valence-corrected chi connectivity index (χ3v) is 3.51. The highest BCUT2D eigenvalue weighted by Crippen LogP contribution is 2.18. The molecule has 2 heterocycles. The summed E-state index contributed by atoms with van der Waals surface area (Å²) in [6, 6.07) is 10.6. The van der Waals surface area contributed by atoms with Crippen LogP contribution in [0.3, 0.4) is 0 Å². The van der Waals surface area contributed by atoms with Crippen molar-refractivity contribution >= 4 is 0 Å². The molecule has 4 heteroatoms. The molecule has 0 bridgehead atoms. The van der Waals surface area contributed by atoms with Crippen molar-refractivity contribution in [2.75, 3.05) is 6.54 Å². The number of aromatic nitrogens is 2. The van der Waals surface area contributed by atoms with Crippen molar-refractivity contribution in [1.82, 2.24) is 14.9 Å². The number of benzene rings is 1. The molecule has 0 atom stereocenters. The topological polar surface area (TPSA) is 55.0 Å². The average molecular weight is 254 g/mol. The minimum absolute atomic E-state index is 0.409. The van der Waals surface area contributed by atoms with Crippen LogP contribution >= 0.6 is 0 Å². The first-order chi connectivity index (χ1) is 9.35. The molecule has 0 fully saturated rings. The predicted molar refractivity (Wildman–Crippen MR) is 74.2 cm³/mol. The highest BCUT2D eigenvalue weighted by atomic mass is 15.1. The lowest BCUT2D eigenvalue weighted by Gasteiger charge is -2.27. The normalized spacial score (nSPS) is 15.2. The maximum Gasteiger partial charge on any atom is 0.142 e. The van der Waals surface area contributed by atoms with Crippen LogP contribution in [0.2, 0.25) is 0 Å². The van der Waals surface area contributed by atoms with Gasteiger partial charge in [-0.05, 0) is 17.5 Å². The van der Waals surface area contributed by atoms with Gasteiger partial charge in [-0.2, -0.15) is 0 Å². The van der Waals surface area contributed by atoms with E-state index in [9.17, 15) is 0 Å². The van der Waals surface area contributed by atoms with Crippen LogP contribution in [0.25, 0.3) is 0 Å². The van der Waals surface area contributed by atoms with Gasteiger partial charge in [-0.1, -0.05) is 30.3 Å². The summed E-state index contributed by atoms with van der Waals surface area (Å²) >= 11 is 0. The second-order valence-electron chi connectivity index (χ2n) is 4.91. The van der Waals surface area contributed by atoms with Crippen molar-refractivity contribution in [1.29, 1.82) is 0 Å². The molecule has 98 valence electrons. The van der Waals surface area contributed by atoms with Gasteiger partial charge in [0, 0.05) is 25.8 Å². The van der Waals surface area contributed by atoms with E-state index in [4.69, 9.17) is 5.73 Å². The Kier molecular flexibility index (Phi) is 3.53. The molecule has 1 aliphatic heterocycles. The van der Waals surface area contributed by atoms with Crippen LogP contribution in [0.4, 0.5) is 0 Å². The molecule has 3 rings (SSSR count). The highest BCUT2D eigenvalue weighted by molar-refractivity contribution is 5.21. The largest absolute Gasteiger partial charge is 0.324 e. The Hall–Kier alpha value is -1.78. The number of hydrogen-bond donors (Lipinski definition) is 1. The fourth-order valence-corrected chi connectivity index (χ4v) is 2.47. The van der Waals surface area contributed by atoms with Gasteiger partial charge in [0.15, 0.2) is 0 Å². The minimum Gasteiger partial charge on any atom is -0.324 e. The van der Waals surface area contributed by atoms with Crippen LogP contribution in [0.1, 0.15) is 22.6 Å². The molecule has 1 aromatic heterocycles. The molecule has 0 spiro atoms. The molecule has 0 saturated heterocycles. The monoisotopic (exact) mass is 254 g/mol. The zero-order chi connectivity index (χ0) is 13.1. The van der Waals surface area contributed by atoms with Gasteiger partial charge in [0.1, 0.15) is 5.82 Å². The Morgan fingerprint density at radius 2 is 2.05 bits per heavy atom. The van der Waals surface area contributed by atoms with E-state index in [2.05, 4.69) is 45.2 Å². The van der Waals surface area contributed by atoms with Crippen molar-refractivity contribution in [2.45, 2.75) is 26.1 Å². The first-order valence-electron chi connectivity index (χ1n) is 6.65. The summed E-state index contributed by atoms with van der Waals surface area (Å²) in [7, 11) is 0. The molecule has 1 aromatic carbocycles. The molecule has 0 amide bonds. The van der Waals surface area contributed by atoms with E-state index in [1.165, 1.54) is 11.1 Å². The maximum atomic E-state index is 5.60. The number of nitrogens with two attached hydrogens (primary N) is 1. The Morgan fingerprint density at radius 1 is 1.21 bits per heavy atom. The van der Waals surface area contributed by atoms with Gasteiger partial charge in [0.05, 0.1) is 12.2 Å². The number of rotatable bonds is 3. The van der Waals surface area contributed by atoms with Crippen molar-refractivity contribution in [3.8, 4) is 0 Å². The minimum atomic E-state index is 0.409. The van der Waals surface area contributed by atoms with E-state index < -0.39 is 0 Å². The third kappa shape index (κ3) is 2.80. The zero-order valence-electron chi connectivity index (χ0n) is 10.9. The van der Waals surface area contributed by atoms with Crippen LogP contribution in [-0.2, 0) is 26.1 Å². The molecule has 0 saturated carbocycles. The van der Waals surface area contributed by atoms with Gasteiger partial charge in [0.25, 0.3) is 0 Å². The van der Waals surface area contributed by atoms with E-state index >= 15 is 0 Å². The number of nitrogens with zero attached hydrogens (tertiary/aromatic N) is 3. The maximum absolute atomic E-state index is 5.60. The SMILES string of the molecule is NCc1ncc2c(n1)CN(Cc1ccccc1)CC2. The molecule has 0 unspecified atom stereocenters. The lowest BCUT2D eigenvalue weighted by atomic mass is 10.1. The molecular formula is C15H18N4. The second kappa shape index (κ2) is 5.47. The van der Waals surface area contributed by atoms with Crippen LogP contribution in [-0.4, -0.2) is 21.4 Å². The summed E-state index contributed by atoms with van der Waals surface area (Å²) in [4.78, 5) is 11.2. The Morgan fingerprint density at radius 3 is 2.84 bits per heavy atom. The third-order valence-electron chi connectivity index (χ3n) is 3.51. The Bertz CT molecular complexity index is 553. The van der Waals surface area contributed by atoms with Gasteiger partial charge in [-0.25, -0.2) is 9.97 Å². The fraction of sp³-hybridized carbons (Fsp3) is 0.333. The number of hydrogen-bond acceptors (Lipinski definition) is 4. The lowest BCUT2D eigenvalue weighted by molar-refractivity contribution is 0.240. The van der Waals surface area contributed by atoms with E-state index in [-0.39, 0.29) is 0 Å². The van der Waals surface area contributed by atoms with Crippen LogP contribution in [0.15, 0.2) is 36.5 Å². The second-order valence-corrected chi connectivity index (χ2v) is 4.91. The van der Waals surface area contributed by atoms with Gasteiger partial charge in [-0.3, -0.25) is 4.90 Å². The van der Waals surface area contributed by atoms with E-state index in [0.29, 0.717) is 6.54 Å². The van der Waals surface area contributed by atoms with Gasteiger partial charge in [-0.15, -0.1) is 0 Å². The van der Waals surface area contributed by atoms with E-state index in [0.717, 1.165) is 37.6 Å². The molecule has 4 nitrogen and oxygen atoms in total. The van der Waals surface area contributed by atoms with Crippen LogP contribution in [0.5, 0.6) is 0 Å². The lowest BCUT2D eigenvalue weighted by Crippen LogP contribution is -2.31. The Labute approximate surface area is 113 Å². The zero-order valence-corrected chi connectivity index (χ0v) is 10.9. The summed E-state index contributed by atoms with van der Waals surface area (Å²) in [6.07, 6.45) is 2.96. The molecule has 2 aromatic rings. The molecule has 1 aliphatic rings. The fourth-order valence-electron chi connectivity index (χ4n) is 2.47. The number of fused-ring (bicyclic) bond motifs is 1. The molecular weight excluding hydrogens is 236 g/mol. The highest BCUT2D eigenvalue weighted by Gasteiger charge is 2.18.